The van der Waals surface area contributed by atoms with Crippen LogP contribution in [0.5, 0.6) is 0 Å². The van der Waals surface area contributed by atoms with Gasteiger partial charge in [0.25, 0.3) is 0 Å². The summed E-state index contributed by atoms with van der Waals surface area (Å²) in [5.74, 6) is -0.393. The summed E-state index contributed by atoms with van der Waals surface area (Å²) in [5, 5.41) is 2.92. The lowest BCUT2D eigenvalue weighted by Gasteiger charge is -2.26. The Hall–Kier alpha value is -1.59. The molecule has 0 bridgehead atoms. The maximum atomic E-state index is 12.7. The molecule has 2 aliphatic heterocycles. The highest BCUT2D eigenvalue weighted by atomic mass is 16.2. The van der Waals surface area contributed by atoms with E-state index in [1.807, 2.05) is 0 Å². The second-order valence-corrected chi connectivity index (χ2v) is 7.63. The van der Waals surface area contributed by atoms with E-state index in [2.05, 4.69) is 5.32 Å². The molecule has 1 saturated carbocycles. The second-order valence-electron chi connectivity index (χ2n) is 7.63. The van der Waals surface area contributed by atoms with Crippen LogP contribution < -0.4 is 11.1 Å². The fourth-order valence-corrected chi connectivity index (χ4v) is 4.35. The molecule has 2 saturated heterocycles. The first-order chi connectivity index (χ1) is 11.5. The first-order valence-corrected chi connectivity index (χ1v) is 9.46. The number of carbonyl (C=O) groups excluding carboxylic acids is 3. The van der Waals surface area contributed by atoms with Crippen LogP contribution in [0.15, 0.2) is 0 Å². The van der Waals surface area contributed by atoms with E-state index in [1.54, 1.807) is 4.90 Å². The molecule has 24 heavy (non-hydrogen) atoms. The molecule has 3 rings (SSSR count). The highest BCUT2D eigenvalue weighted by molar-refractivity contribution is 5.96. The summed E-state index contributed by atoms with van der Waals surface area (Å²) in [5.41, 5.74) is 4.73. The Morgan fingerprint density at radius 1 is 1.04 bits per heavy atom. The number of primary amides is 1. The van der Waals surface area contributed by atoms with Crippen molar-refractivity contribution in [2.75, 3.05) is 6.54 Å². The van der Waals surface area contributed by atoms with Gasteiger partial charge in [0.15, 0.2) is 0 Å². The first kappa shape index (κ1) is 17.2. The Kier molecular flexibility index (Phi) is 5.11. The minimum absolute atomic E-state index is 0.0722. The average Bonchev–Trinajstić information content (AvgIpc) is 3.02. The van der Waals surface area contributed by atoms with E-state index in [1.165, 1.54) is 6.42 Å². The largest absolute Gasteiger partial charge is 0.368 e. The molecule has 6 heteroatoms. The van der Waals surface area contributed by atoms with Gasteiger partial charge in [-0.15, -0.1) is 0 Å². The van der Waals surface area contributed by atoms with Gasteiger partial charge in [-0.2, -0.15) is 0 Å². The molecule has 2 heterocycles. The van der Waals surface area contributed by atoms with Gasteiger partial charge < -0.3 is 16.0 Å². The van der Waals surface area contributed by atoms with E-state index in [0.717, 1.165) is 44.9 Å². The summed E-state index contributed by atoms with van der Waals surface area (Å²) in [6.07, 6.45) is 10.1. The third kappa shape index (κ3) is 3.42. The summed E-state index contributed by atoms with van der Waals surface area (Å²) < 4.78 is 0. The molecule has 0 aromatic carbocycles. The van der Waals surface area contributed by atoms with Crippen LogP contribution in [0.25, 0.3) is 0 Å². The number of hydrogen-bond donors (Lipinski definition) is 2. The number of fused-ring (bicyclic) bond motifs is 2. The van der Waals surface area contributed by atoms with E-state index in [4.69, 9.17) is 5.73 Å². The Morgan fingerprint density at radius 2 is 1.75 bits per heavy atom. The number of carbonyl (C=O) groups is 3. The van der Waals surface area contributed by atoms with Crippen LogP contribution >= 0.6 is 0 Å². The molecule has 0 aromatic rings. The second kappa shape index (κ2) is 7.11. The highest BCUT2D eigenvalue weighted by Gasteiger charge is 2.60. The maximum Gasteiger partial charge on any atom is 0.243 e. The number of nitrogens with two attached hydrogens (primary N) is 1. The van der Waals surface area contributed by atoms with Crippen molar-refractivity contribution in [3.05, 3.63) is 0 Å². The van der Waals surface area contributed by atoms with Gasteiger partial charge in [-0.05, 0) is 38.0 Å². The molecule has 3 aliphatic rings. The quantitative estimate of drug-likeness (QED) is 0.760. The minimum atomic E-state index is -0.866. The zero-order valence-corrected chi connectivity index (χ0v) is 14.4. The standard InChI is InChI=1S/C18H29N3O3/c19-17(24)18-12-13(18)8-5-3-1-2-4-6-10-15(22)21-11-7-9-14(21)16(23)20-18/h13-14H,1-12H2,(H2,19,24)(H,20,23)/t13-,14+,18-/m1/s1. The maximum absolute atomic E-state index is 12.7. The van der Waals surface area contributed by atoms with Crippen molar-refractivity contribution >= 4 is 17.7 Å². The Morgan fingerprint density at radius 3 is 2.50 bits per heavy atom. The highest BCUT2D eigenvalue weighted by Crippen LogP contribution is 2.47. The average molecular weight is 335 g/mol. The van der Waals surface area contributed by atoms with Gasteiger partial charge >= 0.3 is 0 Å². The lowest BCUT2D eigenvalue weighted by atomic mass is 10.0. The number of amides is 3. The Balaban J connectivity index is 1.73. The zero-order chi connectivity index (χ0) is 17.2. The van der Waals surface area contributed by atoms with E-state index in [9.17, 15) is 14.4 Å². The predicted octanol–water partition coefficient (Wildman–Crippen LogP) is 1.47. The fraction of sp³-hybridized carbons (Fsp3) is 0.833. The van der Waals surface area contributed by atoms with Crippen molar-refractivity contribution in [2.45, 2.75) is 82.2 Å². The summed E-state index contributed by atoms with van der Waals surface area (Å²) in [4.78, 5) is 38.8. The van der Waals surface area contributed by atoms with Crippen LogP contribution in [-0.4, -0.2) is 40.7 Å². The molecule has 3 atom stereocenters. The van der Waals surface area contributed by atoms with Crippen LogP contribution in [0.2, 0.25) is 0 Å². The summed E-state index contributed by atoms with van der Waals surface area (Å²) in [7, 11) is 0. The van der Waals surface area contributed by atoms with Gasteiger partial charge in [0, 0.05) is 13.0 Å². The molecule has 0 spiro atoms. The van der Waals surface area contributed by atoms with Crippen LogP contribution in [0.1, 0.15) is 70.6 Å². The molecule has 6 nitrogen and oxygen atoms in total. The SMILES string of the molecule is NC(=O)[C@@]12C[C@H]1CCCCCCCCC(=O)N1CCC[C@H]1C(=O)N2. The van der Waals surface area contributed by atoms with Gasteiger partial charge in [-0.3, -0.25) is 14.4 Å². The molecular weight excluding hydrogens is 306 g/mol. The molecule has 0 aromatic heterocycles. The van der Waals surface area contributed by atoms with Crippen molar-refractivity contribution in [1.29, 1.82) is 0 Å². The topological polar surface area (TPSA) is 92.5 Å². The Labute approximate surface area is 143 Å². The zero-order valence-electron chi connectivity index (χ0n) is 14.4. The van der Waals surface area contributed by atoms with Crippen molar-refractivity contribution in [1.82, 2.24) is 10.2 Å². The number of hydrogen-bond acceptors (Lipinski definition) is 3. The molecule has 0 radical (unpaired) electrons. The van der Waals surface area contributed by atoms with Crippen LogP contribution in [0, 0.1) is 5.92 Å². The van der Waals surface area contributed by atoms with Crippen molar-refractivity contribution in [3.63, 3.8) is 0 Å². The van der Waals surface area contributed by atoms with E-state index < -0.39 is 17.5 Å². The number of nitrogens with one attached hydrogen (secondary N) is 1. The normalized spacial score (nSPS) is 35.2. The minimum Gasteiger partial charge on any atom is -0.368 e. The third-order valence-corrected chi connectivity index (χ3v) is 5.96. The lowest BCUT2D eigenvalue weighted by Crippen LogP contribution is -2.54. The Bertz CT molecular complexity index is 522. The number of rotatable bonds is 1. The van der Waals surface area contributed by atoms with E-state index >= 15 is 0 Å². The van der Waals surface area contributed by atoms with Gasteiger partial charge in [0.2, 0.25) is 17.7 Å². The third-order valence-electron chi connectivity index (χ3n) is 5.96. The molecule has 0 unspecified atom stereocenters. The van der Waals surface area contributed by atoms with Gasteiger partial charge in [0.05, 0.1) is 0 Å². The summed E-state index contributed by atoms with van der Waals surface area (Å²) in [6.45, 7) is 0.643. The van der Waals surface area contributed by atoms with Gasteiger partial charge in [-0.25, -0.2) is 0 Å². The molecule has 1 aliphatic carbocycles. The van der Waals surface area contributed by atoms with Gasteiger partial charge in [0.1, 0.15) is 11.6 Å². The van der Waals surface area contributed by atoms with Crippen molar-refractivity contribution in [3.8, 4) is 0 Å². The van der Waals surface area contributed by atoms with Crippen LogP contribution in [0.3, 0.4) is 0 Å². The number of nitrogens with zero attached hydrogens (tertiary/aromatic N) is 1. The van der Waals surface area contributed by atoms with Crippen LogP contribution in [0.4, 0.5) is 0 Å². The fourth-order valence-electron chi connectivity index (χ4n) is 4.35. The van der Waals surface area contributed by atoms with Crippen molar-refractivity contribution in [2.24, 2.45) is 11.7 Å². The smallest absolute Gasteiger partial charge is 0.243 e. The van der Waals surface area contributed by atoms with E-state index in [0.29, 0.717) is 25.8 Å². The predicted molar refractivity (Wildman–Crippen MR) is 89.8 cm³/mol. The first-order valence-electron chi connectivity index (χ1n) is 9.46. The molecule has 3 amide bonds. The molecule has 3 N–H and O–H groups in total. The lowest BCUT2D eigenvalue weighted by molar-refractivity contribution is -0.139. The summed E-state index contributed by atoms with van der Waals surface area (Å²) >= 11 is 0. The van der Waals surface area contributed by atoms with Gasteiger partial charge in [-0.1, -0.05) is 32.1 Å². The van der Waals surface area contributed by atoms with E-state index in [-0.39, 0.29) is 17.7 Å². The summed E-state index contributed by atoms with van der Waals surface area (Å²) in [6, 6.07) is -0.430. The van der Waals surface area contributed by atoms with Crippen LogP contribution in [-0.2, 0) is 14.4 Å². The molecule has 3 fully saturated rings. The monoisotopic (exact) mass is 335 g/mol. The molecule has 134 valence electrons. The molecular formula is C18H29N3O3. The van der Waals surface area contributed by atoms with Crippen molar-refractivity contribution < 1.29 is 14.4 Å².